The highest BCUT2D eigenvalue weighted by Crippen LogP contribution is 2.28. The molecule has 1 rings (SSSR count). The molecule has 0 bridgehead atoms. The van der Waals surface area contributed by atoms with Crippen molar-refractivity contribution in [3.05, 3.63) is 0 Å². The number of rotatable bonds is 5. The molecule has 1 aliphatic rings. The van der Waals surface area contributed by atoms with E-state index in [9.17, 15) is 0 Å². The van der Waals surface area contributed by atoms with Crippen molar-refractivity contribution in [1.82, 2.24) is 4.90 Å². The molecule has 2 N–H and O–H groups in total. The number of morpholine rings is 1. The van der Waals surface area contributed by atoms with Gasteiger partial charge in [-0.25, -0.2) is 0 Å². The summed E-state index contributed by atoms with van der Waals surface area (Å²) in [5.74, 6) is 1.33. The molecular formula is C15H32N2O. The molecule has 108 valence electrons. The Morgan fingerprint density at radius 3 is 2.00 bits per heavy atom. The van der Waals surface area contributed by atoms with Crippen molar-refractivity contribution in [3.63, 3.8) is 0 Å². The van der Waals surface area contributed by atoms with Crippen LogP contribution in [0.1, 0.15) is 48.0 Å². The van der Waals surface area contributed by atoms with Gasteiger partial charge in [0.05, 0.1) is 11.2 Å². The van der Waals surface area contributed by atoms with Gasteiger partial charge >= 0.3 is 0 Å². The fourth-order valence-electron chi connectivity index (χ4n) is 3.35. The summed E-state index contributed by atoms with van der Waals surface area (Å²) >= 11 is 0. The second-order valence-electron chi connectivity index (χ2n) is 7.52. The lowest BCUT2D eigenvalue weighted by molar-refractivity contribution is -0.182. The monoisotopic (exact) mass is 256 g/mol. The maximum Gasteiger partial charge on any atom is 0.0760 e. The van der Waals surface area contributed by atoms with Crippen molar-refractivity contribution < 1.29 is 4.74 Å². The lowest BCUT2D eigenvalue weighted by atomic mass is 9.93. The van der Waals surface area contributed by atoms with E-state index in [0.717, 1.165) is 32.1 Å². The predicted octanol–water partition coefficient (Wildman–Crippen LogP) is 2.50. The molecule has 0 radical (unpaired) electrons. The molecule has 1 atom stereocenters. The summed E-state index contributed by atoms with van der Waals surface area (Å²) in [6, 6.07) is 0. The van der Waals surface area contributed by atoms with Crippen LogP contribution >= 0.6 is 0 Å². The molecule has 0 aromatic heterocycles. The van der Waals surface area contributed by atoms with Crippen LogP contribution in [0.5, 0.6) is 0 Å². The van der Waals surface area contributed by atoms with Crippen molar-refractivity contribution >= 4 is 0 Å². The number of hydrogen-bond acceptors (Lipinski definition) is 3. The van der Waals surface area contributed by atoms with E-state index in [4.69, 9.17) is 10.5 Å². The van der Waals surface area contributed by atoms with Crippen LogP contribution in [0.15, 0.2) is 0 Å². The Morgan fingerprint density at radius 1 is 1.11 bits per heavy atom. The average molecular weight is 256 g/mol. The fourth-order valence-corrected chi connectivity index (χ4v) is 3.35. The zero-order chi connectivity index (χ0) is 14.0. The van der Waals surface area contributed by atoms with E-state index in [1.54, 1.807) is 0 Å². The van der Waals surface area contributed by atoms with E-state index < -0.39 is 0 Å². The summed E-state index contributed by atoms with van der Waals surface area (Å²) in [4.78, 5) is 2.53. The molecular weight excluding hydrogens is 224 g/mol. The third kappa shape index (κ3) is 5.25. The predicted molar refractivity (Wildman–Crippen MR) is 77.7 cm³/mol. The van der Waals surface area contributed by atoms with Gasteiger partial charge in [0.1, 0.15) is 0 Å². The Labute approximate surface area is 113 Å². The fraction of sp³-hybridized carbons (Fsp3) is 1.00. The largest absolute Gasteiger partial charge is 0.367 e. The minimum Gasteiger partial charge on any atom is -0.367 e. The summed E-state index contributed by atoms with van der Waals surface area (Å²) < 4.78 is 6.11. The molecule has 1 heterocycles. The first-order valence-corrected chi connectivity index (χ1v) is 7.26. The Bertz CT molecular complexity index is 245. The van der Waals surface area contributed by atoms with Gasteiger partial charge in [-0.3, -0.25) is 4.90 Å². The van der Waals surface area contributed by atoms with Gasteiger partial charge in [0.25, 0.3) is 0 Å². The van der Waals surface area contributed by atoms with Gasteiger partial charge in [0.2, 0.25) is 0 Å². The highest BCUT2D eigenvalue weighted by atomic mass is 16.5. The highest BCUT2D eigenvalue weighted by Gasteiger charge is 2.38. The van der Waals surface area contributed by atoms with Crippen LogP contribution in [0.2, 0.25) is 0 Å². The van der Waals surface area contributed by atoms with E-state index in [0.29, 0.717) is 5.92 Å². The lowest BCUT2D eigenvalue weighted by Gasteiger charge is -2.48. The van der Waals surface area contributed by atoms with Crippen LogP contribution < -0.4 is 5.73 Å². The van der Waals surface area contributed by atoms with Crippen molar-refractivity contribution in [2.45, 2.75) is 59.2 Å². The maximum absolute atomic E-state index is 6.11. The lowest BCUT2D eigenvalue weighted by Crippen LogP contribution is -2.58. The number of ether oxygens (including phenoxy) is 1. The summed E-state index contributed by atoms with van der Waals surface area (Å²) in [6.45, 7) is 17.2. The first-order valence-electron chi connectivity index (χ1n) is 7.26. The van der Waals surface area contributed by atoms with Crippen LogP contribution in [0.25, 0.3) is 0 Å². The molecule has 0 aromatic rings. The second kappa shape index (κ2) is 5.89. The molecule has 3 heteroatoms. The molecule has 0 aliphatic carbocycles. The van der Waals surface area contributed by atoms with E-state index >= 15 is 0 Å². The van der Waals surface area contributed by atoms with Crippen LogP contribution in [0.3, 0.4) is 0 Å². The second-order valence-corrected chi connectivity index (χ2v) is 7.52. The van der Waals surface area contributed by atoms with E-state index in [-0.39, 0.29) is 11.2 Å². The molecule has 3 nitrogen and oxygen atoms in total. The summed E-state index contributed by atoms with van der Waals surface area (Å²) in [5.41, 5.74) is 5.80. The minimum absolute atomic E-state index is 0.0568. The van der Waals surface area contributed by atoms with E-state index in [1.807, 2.05) is 0 Å². The topological polar surface area (TPSA) is 38.5 Å². The molecule has 0 spiro atoms. The van der Waals surface area contributed by atoms with Crippen LogP contribution in [0.4, 0.5) is 0 Å². The summed E-state index contributed by atoms with van der Waals surface area (Å²) in [5, 5.41) is 0. The Balaban J connectivity index is 2.59. The first kappa shape index (κ1) is 15.9. The van der Waals surface area contributed by atoms with Crippen molar-refractivity contribution in [1.29, 1.82) is 0 Å². The van der Waals surface area contributed by atoms with Crippen molar-refractivity contribution in [3.8, 4) is 0 Å². The third-order valence-corrected chi connectivity index (χ3v) is 3.42. The standard InChI is InChI=1S/C15H32N2O/c1-12(2)7-13(8-16)9-17-10-14(3,4)18-15(5,6)11-17/h12-13H,7-11,16H2,1-6H3. The van der Waals surface area contributed by atoms with Crippen molar-refractivity contribution in [2.24, 2.45) is 17.6 Å². The van der Waals surface area contributed by atoms with Gasteiger partial charge < -0.3 is 10.5 Å². The van der Waals surface area contributed by atoms with Crippen molar-refractivity contribution in [2.75, 3.05) is 26.2 Å². The summed E-state index contributed by atoms with van der Waals surface area (Å²) in [6.07, 6.45) is 1.22. The van der Waals surface area contributed by atoms with Crippen LogP contribution in [-0.2, 0) is 4.74 Å². The summed E-state index contributed by atoms with van der Waals surface area (Å²) in [7, 11) is 0. The van der Waals surface area contributed by atoms with Crippen LogP contribution in [-0.4, -0.2) is 42.3 Å². The zero-order valence-corrected chi connectivity index (χ0v) is 13.1. The number of nitrogens with zero attached hydrogens (tertiary/aromatic N) is 1. The van der Waals surface area contributed by atoms with Crippen LogP contribution in [0, 0.1) is 11.8 Å². The normalized spacial score (nSPS) is 25.3. The highest BCUT2D eigenvalue weighted by molar-refractivity contribution is 4.89. The van der Waals surface area contributed by atoms with Gasteiger partial charge in [0, 0.05) is 19.6 Å². The van der Waals surface area contributed by atoms with E-state index in [1.165, 1.54) is 6.42 Å². The maximum atomic E-state index is 6.11. The van der Waals surface area contributed by atoms with Gasteiger partial charge in [-0.15, -0.1) is 0 Å². The minimum atomic E-state index is -0.0568. The van der Waals surface area contributed by atoms with Gasteiger partial charge in [-0.05, 0) is 52.5 Å². The molecule has 0 amide bonds. The molecule has 1 saturated heterocycles. The number of nitrogens with two attached hydrogens (primary N) is 1. The molecule has 1 fully saturated rings. The molecule has 1 aliphatic heterocycles. The molecule has 18 heavy (non-hydrogen) atoms. The zero-order valence-electron chi connectivity index (χ0n) is 13.1. The van der Waals surface area contributed by atoms with Gasteiger partial charge in [-0.1, -0.05) is 13.8 Å². The Morgan fingerprint density at radius 2 is 1.61 bits per heavy atom. The number of hydrogen-bond donors (Lipinski definition) is 1. The SMILES string of the molecule is CC(C)CC(CN)CN1CC(C)(C)OC(C)(C)C1. The Kier molecular flexibility index (Phi) is 5.22. The molecule has 0 aromatic carbocycles. The van der Waals surface area contributed by atoms with Gasteiger partial charge in [-0.2, -0.15) is 0 Å². The molecule has 0 saturated carbocycles. The van der Waals surface area contributed by atoms with E-state index in [2.05, 4.69) is 46.4 Å². The molecule has 1 unspecified atom stereocenters. The first-order chi connectivity index (χ1) is 8.13. The quantitative estimate of drug-likeness (QED) is 0.821. The average Bonchev–Trinajstić information content (AvgIpc) is 2.10. The third-order valence-electron chi connectivity index (χ3n) is 3.42. The van der Waals surface area contributed by atoms with Gasteiger partial charge in [0.15, 0.2) is 0 Å². The smallest absolute Gasteiger partial charge is 0.0760 e. The Hall–Kier alpha value is -0.120.